The highest BCUT2D eigenvalue weighted by Crippen LogP contribution is 2.34. The number of anilines is 1. The van der Waals surface area contributed by atoms with Crippen LogP contribution < -0.4 is 15.8 Å². The molecule has 10 nitrogen and oxygen atoms in total. The van der Waals surface area contributed by atoms with Crippen molar-refractivity contribution >= 4 is 51.4 Å². The largest absolute Gasteiger partial charge is 0.377 e. The maximum Gasteiger partial charge on any atom is 0.269 e. The Kier molecular flexibility index (Phi) is 8.04. The Morgan fingerprint density at radius 3 is 1.43 bits per heavy atom. The summed E-state index contributed by atoms with van der Waals surface area (Å²) in [5, 5.41) is 34.1. The van der Waals surface area contributed by atoms with Gasteiger partial charge in [-0.1, -0.05) is 58.9 Å². The monoisotopic (exact) mass is 536 g/mol. The Balaban J connectivity index is 2.06. The minimum atomic E-state index is -0.515. The molecule has 4 rings (SSSR count). The Hall–Kier alpha value is -5.32. The molecule has 0 aliphatic carbocycles. The Labute approximate surface area is 230 Å². The fraction of sp³-hybridized carbons (Fsp3) is 0.103. The van der Waals surface area contributed by atoms with Gasteiger partial charge in [0.15, 0.2) is 0 Å². The fourth-order valence-electron chi connectivity index (χ4n) is 4.79. The molecule has 0 fully saturated rings. The van der Waals surface area contributed by atoms with Gasteiger partial charge in [-0.05, 0) is 36.3 Å². The summed E-state index contributed by atoms with van der Waals surface area (Å²) in [6.45, 7) is 1.45. The van der Waals surface area contributed by atoms with Crippen LogP contribution in [0, 0.1) is 30.3 Å². The number of non-ortho nitro benzene ring substituents is 3. The van der Waals surface area contributed by atoms with E-state index in [-0.39, 0.29) is 17.1 Å². The maximum atomic E-state index is 11.4. The highest BCUT2D eigenvalue weighted by Gasteiger charge is 2.29. The van der Waals surface area contributed by atoms with Crippen LogP contribution in [0.1, 0.15) is 18.1 Å². The van der Waals surface area contributed by atoms with Crippen LogP contribution in [0.15, 0.2) is 97.1 Å². The first kappa shape index (κ1) is 27.7. The van der Waals surface area contributed by atoms with Crippen molar-refractivity contribution in [2.24, 2.45) is 0 Å². The van der Waals surface area contributed by atoms with E-state index in [4.69, 9.17) is 0 Å². The van der Waals surface area contributed by atoms with Crippen LogP contribution >= 0.6 is 0 Å². The first-order chi connectivity index (χ1) is 19.1. The molecule has 200 valence electrons. The Morgan fingerprint density at radius 1 is 0.625 bits per heavy atom. The van der Waals surface area contributed by atoms with Crippen molar-refractivity contribution in [3.05, 3.63) is 139 Å². The lowest BCUT2D eigenvalue weighted by atomic mass is 9.34. The molecular formula is C29H25BN4O6. The van der Waals surface area contributed by atoms with Crippen LogP contribution in [0.3, 0.4) is 0 Å². The molecule has 4 aromatic carbocycles. The van der Waals surface area contributed by atoms with E-state index < -0.39 is 21.5 Å². The first-order valence-corrected chi connectivity index (χ1v) is 12.3. The average molecular weight is 536 g/mol. The van der Waals surface area contributed by atoms with Crippen LogP contribution in [-0.2, 0) is 0 Å². The van der Waals surface area contributed by atoms with Crippen molar-refractivity contribution < 1.29 is 14.8 Å². The second kappa shape index (κ2) is 11.6. The van der Waals surface area contributed by atoms with Gasteiger partial charge in [0.25, 0.3) is 17.1 Å². The van der Waals surface area contributed by atoms with Crippen LogP contribution in [0.25, 0.3) is 11.0 Å². The van der Waals surface area contributed by atoms with Gasteiger partial charge in [0.05, 0.1) is 14.8 Å². The molecule has 0 unspecified atom stereocenters. The van der Waals surface area contributed by atoms with Gasteiger partial charge in [-0.2, -0.15) is 0 Å². The third-order valence-electron chi connectivity index (χ3n) is 6.75. The molecule has 0 spiro atoms. The first-order valence-electron chi connectivity index (χ1n) is 12.3. The number of nitro groups is 3. The number of hydrogen-bond donors (Lipinski definition) is 0. The van der Waals surface area contributed by atoms with Gasteiger partial charge < -0.3 is 4.90 Å². The molecule has 0 atom stereocenters. The van der Waals surface area contributed by atoms with Gasteiger partial charge >= 0.3 is 0 Å². The van der Waals surface area contributed by atoms with E-state index in [1.807, 2.05) is 50.2 Å². The molecule has 0 radical (unpaired) electrons. The Morgan fingerprint density at radius 2 is 1.02 bits per heavy atom. The minimum absolute atomic E-state index is 0.0586. The third-order valence-corrected chi connectivity index (χ3v) is 6.75. The number of benzene rings is 4. The zero-order valence-electron chi connectivity index (χ0n) is 22.1. The van der Waals surface area contributed by atoms with Gasteiger partial charge in [-0.25, -0.2) is 0 Å². The van der Waals surface area contributed by atoms with E-state index in [1.165, 1.54) is 36.4 Å². The summed E-state index contributed by atoms with van der Waals surface area (Å²) in [7, 11) is 3.86. The number of allylic oxidation sites excluding steroid dienone is 1. The van der Waals surface area contributed by atoms with Gasteiger partial charge in [0.2, 0.25) is 6.71 Å². The lowest BCUT2D eigenvalue weighted by molar-refractivity contribution is -0.385. The normalized spacial score (nSPS) is 11.4. The standard InChI is InChI=1S/C29H25BN4O6/c1-20(27-6-4-5-7-28(27)31(2)3)29(21-8-14-24(15-9-21)32(35)36)30(22-10-16-25(17-11-22)33(37)38)23-12-18-26(19-13-23)34(39)40/h4-19H,1-3H3/b29-20-. The van der Waals surface area contributed by atoms with Crippen molar-refractivity contribution in [2.75, 3.05) is 19.0 Å². The van der Waals surface area contributed by atoms with E-state index >= 15 is 0 Å². The van der Waals surface area contributed by atoms with E-state index in [2.05, 4.69) is 0 Å². The maximum absolute atomic E-state index is 11.4. The second-order valence-corrected chi connectivity index (χ2v) is 9.38. The number of para-hydroxylation sites is 1. The lowest BCUT2D eigenvalue weighted by Crippen LogP contribution is -2.44. The summed E-state index contributed by atoms with van der Waals surface area (Å²) in [5.74, 6) is 0. The van der Waals surface area contributed by atoms with Crippen LogP contribution in [-0.4, -0.2) is 35.6 Å². The molecule has 0 saturated heterocycles. The average Bonchev–Trinajstić information content (AvgIpc) is 2.95. The predicted molar refractivity (Wildman–Crippen MR) is 158 cm³/mol. The summed E-state index contributed by atoms with van der Waals surface area (Å²) in [6.07, 6.45) is 0. The van der Waals surface area contributed by atoms with Gasteiger partial charge in [-0.3, -0.25) is 30.3 Å². The van der Waals surface area contributed by atoms with Gasteiger partial charge in [0, 0.05) is 61.7 Å². The minimum Gasteiger partial charge on any atom is -0.377 e. The SMILES string of the molecule is C/C(=C(/B(c1ccc([N+](=O)[O-])cc1)c1ccc([N+](=O)[O-])cc1)c1ccc([N+](=O)[O-])cc1)c1ccccc1N(C)C. The smallest absolute Gasteiger partial charge is 0.269 e. The molecule has 0 bridgehead atoms. The molecular weight excluding hydrogens is 511 g/mol. The molecule has 0 amide bonds. The summed E-state index contributed by atoms with van der Waals surface area (Å²) < 4.78 is 0. The van der Waals surface area contributed by atoms with Crippen LogP contribution in [0.5, 0.6) is 0 Å². The van der Waals surface area contributed by atoms with Gasteiger partial charge in [-0.15, -0.1) is 0 Å². The van der Waals surface area contributed by atoms with E-state index in [0.717, 1.165) is 33.2 Å². The lowest BCUT2D eigenvalue weighted by Gasteiger charge is -2.25. The molecule has 0 aliphatic rings. The molecule has 0 aliphatic heterocycles. The summed E-state index contributed by atoms with van der Waals surface area (Å²) >= 11 is 0. The number of rotatable bonds is 9. The van der Waals surface area contributed by atoms with Crippen LogP contribution in [0.2, 0.25) is 0 Å². The topological polar surface area (TPSA) is 133 Å². The van der Waals surface area contributed by atoms with E-state index in [9.17, 15) is 30.3 Å². The molecule has 0 N–H and O–H groups in total. The quantitative estimate of drug-likeness (QED) is 0.123. The summed E-state index contributed by atoms with van der Waals surface area (Å²) in [5.41, 5.74) is 5.49. The van der Waals surface area contributed by atoms with E-state index in [1.54, 1.807) is 36.4 Å². The predicted octanol–water partition coefficient (Wildman–Crippen LogP) is 5.26. The molecule has 40 heavy (non-hydrogen) atoms. The van der Waals surface area contributed by atoms with Crippen molar-refractivity contribution in [2.45, 2.75) is 6.92 Å². The summed E-state index contributed by atoms with van der Waals surface area (Å²) in [6, 6.07) is 26.4. The molecule has 11 heteroatoms. The second-order valence-electron chi connectivity index (χ2n) is 9.38. The zero-order chi connectivity index (χ0) is 29.0. The number of nitro benzene ring substituents is 3. The third kappa shape index (κ3) is 5.73. The number of hydrogen-bond acceptors (Lipinski definition) is 7. The summed E-state index contributed by atoms with van der Waals surface area (Å²) in [4.78, 5) is 34.7. The highest BCUT2D eigenvalue weighted by atomic mass is 16.6. The van der Waals surface area contributed by atoms with E-state index in [0.29, 0.717) is 5.56 Å². The zero-order valence-corrected chi connectivity index (χ0v) is 22.1. The van der Waals surface area contributed by atoms with Crippen molar-refractivity contribution in [3.63, 3.8) is 0 Å². The fourth-order valence-corrected chi connectivity index (χ4v) is 4.79. The highest BCUT2D eigenvalue weighted by molar-refractivity contribution is 7.00. The Bertz CT molecular complexity index is 1540. The number of nitrogens with zero attached hydrogens (tertiary/aromatic N) is 4. The van der Waals surface area contributed by atoms with Crippen molar-refractivity contribution in [1.29, 1.82) is 0 Å². The van der Waals surface area contributed by atoms with Gasteiger partial charge in [0.1, 0.15) is 0 Å². The van der Waals surface area contributed by atoms with Crippen molar-refractivity contribution in [3.8, 4) is 0 Å². The van der Waals surface area contributed by atoms with Crippen molar-refractivity contribution in [1.82, 2.24) is 0 Å². The molecule has 4 aromatic rings. The molecule has 0 saturated carbocycles. The molecule has 0 aromatic heterocycles. The van der Waals surface area contributed by atoms with Crippen LogP contribution in [0.4, 0.5) is 22.7 Å². The molecule has 0 heterocycles.